The highest BCUT2D eigenvalue weighted by Gasteiger charge is 1.98. The van der Waals surface area contributed by atoms with Gasteiger partial charge in [-0.15, -0.1) is 11.6 Å². The Morgan fingerprint density at radius 3 is 2.31 bits per heavy atom. The summed E-state index contributed by atoms with van der Waals surface area (Å²) in [6.07, 6.45) is 12.9. The monoisotopic (exact) mass is 246 g/mol. The number of esters is 1. The summed E-state index contributed by atoms with van der Waals surface area (Å²) in [5.41, 5.74) is 0. The number of hydrogen-bond acceptors (Lipinski definition) is 2. The Kier molecular flexibility index (Phi) is 12.2. The summed E-state index contributed by atoms with van der Waals surface area (Å²) in [5, 5.41) is 0. The molecule has 0 aromatic heterocycles. The van der Waals surface area contributed by atoms with E-state index in [-0.39, 0.29) is 5.97 Å². The molecule has 0 atom stereocenters. The topological polar surface area (TPSA) is 26.3 Å². The predicted molar refractivity (Wildman–Crippen MR) is 68.8 cm³/mol. The van der Waals surface area contributed by atoms with Crippen molar-refractivity contribution < 1.29 is 9.53 Å². The second kappa shape index (κ2) is 12.6. The molecule has 0 aliphatic rings. The van der Waals surface area contributed by atoms with Gasteiger partial charge in [-0.3, -0.25) is 4.79 Å². The third-order valence-corrected chi connectivity index (χ3v) is 2.66. The first-order valence-electron chi connectivity index (χ1n) is 6.09. The van der Waals surface area contributed by atoms with E-state index in [0.29, 0.717) is 12.3 Å². The number of ether oxygens (including phenoxy) is 1. The van der Waals surface area contributed by atoms with E-state index in [1.807, 2.05) is 6.08 Å². The zero-order valence-corrected chi connectivity index (χ0v) is 11.0. The van der Waals surface area contributed by atoms with Crippen molar-refractivity contribution in [3.05, 3.63) is 12.2 Å². The maximum Gasteiger partial charge on any atom is 0.305 e. The Hall–Kier alpha value is -0.500. The lowest BCUT2D eigenvalue weighted by molar-refractivity contribution is -0.140. The van der Waals surface area contributed by atoms with Gasteiger partial charge in [-0.05, 0) is 19.3 Å². The van der Waals surface area contributed by atoms with Crippen LogP contribution in [0.5, 0.6) is 0 Å². The maximum atomic E-state index is 10.8. The van der Waals surface area contributed by atoms with Crippen molar-refractivity contribution in [2.75, 3.05) is 13.0 Å². The van der Waals surface area contributed by atoms with Crippen molar-refractivity contribution in [2.24, 2.45) is 0 Å². The van der Waals surface area contributed by atoms with Gasteiger partial charge in [-0.2, -0.15) is 0 Å². The van der Waals surface area contributed by atoms with Gasteiger partial charge in [0.25, 0.3) is 0 Å². The van der Waals surface area contributed by atoms with Crippen molar-refractivity contribution >= 4 is 17.6 Å². The molecule has 0 aromatic carbocycles. The summed E-state index contributed by atoms with van der Waals surface area (Å²) in [6.45, 7) is 0. The van der Waals surface area contributed by atoms with E-state index in [0.717, 1.165) is 19.3 Å². The second-order valence-corrected chi connectivity index (χ2v) is 4.17. The minimum absolute atomic E-state index is 0.0915. The quantitative estimate of drug-likeness (QED) is 0.251. The Bertz CT molecular complexity index is 190. The van der Waals surface area contributed by atoms with Crippen LogP contribution in [-0.4, -0.2) is 19.0 Å². The van der Waals surface area contributed by atoms with E-state index in [9.17, 15) is 4.79 Å². The molecule has 0 aliphatic carbocycles. The number of carbonyl (C=O) groups is 1. The van der Waals surface area contributed by atoms with E-state index in [4.69, 9.17) is 11.6 Å². The van der Waals surface area contributed by atoms with Crippen molar-refractivity contribution in [2.45, 2.75) is 51.4 Å². The molecule has 0 aromatic rings. The fraction of sp³-hybridized carbons (Fsp3) is 0.769. The van der Waals surface area contributed by atoms with Crippen LogP contribution in [0.25, 0.3) is 0 Å². The zero-order chi connectivity index (χ0) is 12.1. The molecule has 3 heteroatoms. The third-order valence-electron chi connectivity index (χ3n) is 2.49. The molecule has 0 saturated carbocycles. The molecule has 0 bridgehead atoms. The Balaban J connectivity index is 3.04. The van der Waals surface area contributed by atoms with E-state index < -0.39 is 0 Å². The van der Waals surface area contributed by atoms with Gasteiger partial charge in [0.1, 0.15) is 0 Å². The van der Waals surface area contributed by atoms with E-state index in [1.54, 1.807) is 0 Å². The first kappa shape index (κ1) is 15.5. The summed E-state index contributed by atoms with van der Waals surface area (Å²) in [5.74, 6) is 0.527. The number of alkyl halides is 1. The van der Waals surface area contributed by atoms with E-state index in [2.05, 4.69) is 10.8 Å². The van der Waals surface area contributed by atoms with Crippen LogP contribution >= 0.6 is 11.6 Å². The standard InChI is InChI=1S/C13H23ClO2/c1-16-13(15)11-9-7-5-3-2-4-6-8-10-12-14/h8,10H,2-7,9,11-12H2,1H3/b10-8+. The lowest BCUT2D eigenvalue weighted by atomic mass is 10.1. The number of halogens is 1. The van der Waals surface area contributed by atoms with Gasteiger partial charge in [0, 0.05) is 12.3 Å². The molecule has 0 heterocycles. The van der Waals surface area contributed by atoms with E-state index in [1.165, 1.54) is 32.8 Å². The first-order chi connectivity index (χ1) is 7.81. The minimum atomic E-state index is -0.0915. The summed E-state index contributed by atoms with van der Waals surface area (Å²) < 4.78 is 4.58. The highest BCUT2D eigenvalue weighted by Crippen LogP contribution is 2.09. The number of unbranched alkanes of at least 4 members (excludes halogenated alkanes) is 6. The molecule has 0 unspecified atom stereocenters. The molecule has 94 valence electrons. The van der Waals surface area contributed by atoms with Crippen molar-refractivity contribution in [3.8, 4) is 0 Å². The first-order valence-corrected chi connectivity index (χ1v) is 6.62. The molecule has 0 N–H and O–H groups in total. The number of methoxy groups -OCH3 is 1. The molecule has 0 aliphatic heterocycles. The lowest BCUT2D eigenvalue weighted by Crippen LogP contribution is -1.99. The average Bonchev–Trinajstić information content (AvgIpc) is 2.31. The molecule has 0 spiro atoms. The smallest absolute Gasteiger partial charge is 0.305 e. The van der Waals surface area contributed by atoms with Gasteiger partial charge < -0.3 is 4.74 Å². The minimum Gasteiger partial charge on any atom is -0.469 e. The van der Waals surface area contributed by atoms with Crippen LogP contribution in [0.4, 0.5) is 0 Å². The van der Waals surface area contributed by atoms with Gasteiger partial charge in [0.05, 0.1) is 7.11 Å². The zero-order valence-electron chi connectivity index (χ0n) is 10.2. The van der Waals surface area contributed by atoms with Crippen LogP contribution in [0.1, 0.15) is 51.4 Å². The highest BCUT2D eigenvalue weighted by atomic mass is 35.5. The molecule has 0 fully saturated rings. The van der Waals surface area contributed by atoms with Crippen LogP contribution in [0.15, 0.2) is 12.2 Å². The van der Waals surface area contributed by atoms with Gasteiger partial charge in [-0.25, -0.2) is 0 Å². The summed E-state index contributed by atoms with van der Waals surface area (Å²) >= 11 is 5.51. The third kappa shape index (κ3) is 11.6. The fourth-order valence-electron chi connectivity index (χ4n) is 1.52. The largest absolute Gasteiger partial charge is 0.469 e. The van der Waals surface area contributed by atoms with Crippen molar-refractivity contribution in [1.29, 1.82) is 0 Å². The van der Waals surface area contributed by atoms with Gasteiger partial charge >= 0.3 is 5.97 Å². The average molecular weight is 247 g/mol. The van der Waals surface area contributed by atoms with Crippen molar-refractivity contribution in [1.82, 2.24) is 0 Å². The molecule has 0 amide bonds. The van der Waals surface area contributed by atoms with Crippen LogP contribution < -0.4 is 0 Å². The maximum absolute atomic E-state index is 10.8. The number of hydrogen-bond donors (Lipinski definition) is 0. The summed E-state index contributed by atoms with van der Waals surface area (Å²) in [6, 6.07) is 0. The van der Waals surface area contributed by atoms with Crippen LogP contribution in [-0.2, 0) is 9.53 Å². The Morgan fingerprint density at radius 1 is 1.06 bits per heavy atom. The van der Waals surface area contributed by atoms with Crippen LogP contribution in [0.2, 0.25) is 0 Å². The molecule has 2 nitrogen and oxygen atoms in total. The number of allylic oxidation sites excluding steroid dienone is 2. The SMILES string of the molecule is COC(=O)CCCCCCCC/C=C/CCl. The lowest BCUT2D eigenvalue weighted by Gasteiger charge is -2.00. The van der Waals surface area contributed by atoms with Crippen LogP contribution in [0.3, 0.4) is 0 Å². The number of carbonyl (C=O) groups excluding carboxylic acids is 1. The molecule has 0 rings (SSSR count). The summed E-state index contributed by atoms with van der Waals surface area (Å²) in [4.78, 5) is 10.8. The highest BCUT2D eigenvalue weighted by molar-refractivity contribution is 6.18. The van der Waals surface area contributed by atoms with E-state index >= 15 is 0 Å². The molecule has 16 heavy (non-hydrogen) atoms. The van der Waals surface area contributed by atoms with Gasteiger partial charge in [0.2, 0.25) is 0 Å². The number of rotatable bonds is 10. The predicted octanol–water partition coefficient (Wildman–Crippen LogP) is 4.08. The van der Waals surface area contributed by atoms with Crippen molar-refractivity contribution in [3.63, 3.8) is 0 Å². The normalized spacial score (nSPS) is 10.9. The fourth-order valence-corrected chi connectivity index (χ4v) is 1.65. The Labute approximate surface area is 104 Å². The molecule has 0 radical (unpaired) electrons. The molecular weight excluding hydrogens is 224 g/mol. The molecule has 0 saturated heterocycles. The van der Waals surface area contributed by atoms with Crippen LogP contribution in [0, 0.1) is 0 Å². The van der Waals surface area contributed by atoms with Gasteiger partial charge in [0.15, 0.2) is 0 Å². The second-order valence-electron chi connectivity index (χ2n) is 3.86. The van der Waals surface area contributed by atoms with Gasteiger partial charge in [-0.1, -0.05) is 37.8 Å². The summed E-state index contributed by atoms with van der Waals surface area (Å²) in [7, 11) is 1.44. The molecular formula is C13H23ClO2. The Morgan fingerprint density at radius 2 is 1.69 bits per heavy atom.